The first-order chi connectivity index (χ1) is 7.04. The summed E-state index contributed by atoms with van der Waals surface area (Å²) in [5, 5.41) is 11.6. The van der Waals surface area contributed by atoms with Crippen molar-refractivity contribution in [1.82, 2.24) is 5.32 Å². The van der Waals surface area contributed by atoms with Gasteiger partial charge in [0.25, 0.3) is 0 Å². The lowest BCUT2D eigenvalue weighted by molar-refractivity contribution is -0.138. The Morgan fingerprint density at radius 2 is 1.87 bits per heavy atom. The molecular weight excluding hydrogens is 194 g/mol. The quantitative estimate of drug-likeness (QED) is 0.746. The molecule has 0 radical (unpaired) electrons. The molecule has 0 aromatic heterocycles. The Balaban J connectivity index is 2.57. The summed E-state index contributed by atoms with van der Waals surface area (Å²) >= 11 is 0. The van der Waals surface area contributed by atoms with Crippen molar-refractivity contribution in [3.05, 3.63) is 0 Å². The van der Waals surface area contributed by atoms with Gasteiger partial charge >= 0.3 is 5.97 Å². The molecule has 1 saturated carbocycles. The molecule has 0 aromatic rings. The second-order valence-corrected chi connectivity index (χ2v) is 4.42. The van der Waals surface area contributed by atoms with Gasteiger partial charge in [-0.3, -0.25) is 9.59 Å². The Morgan fingerprint density at radius 3 is 2.33 bits per heavy atom. The molecule has 0 aliphatic heterocycles. The summed E-state index contributed by atoms with van der Waals surface area (Å²) in [6.07, 6.45) is 5.89. The molecule has 0 bridgehead atoms. The van der Waals surface area contributed by atoms with Crippen LogP contribution in [0.2, 0.25) is 0 Å². The van der Waals surface area contributed by atoms with Crippen molar-refractivity contribution < 1.29 is 14.7 Å². The topological polar surface area (TPSA) is 66.4 Å². The minimum absolute atomic E-state index is 0.0534. The van der Waals surface area contributed by atoms with Crippen LogP contribution in [0.15, 0.2) is 0 Å². The molecule has 0 saturated heterocycles. The SMILES string of the molecule is CC(=O)NC1(CCC(=O)O)CCCCC1. The van der Waals surface area contributed by atoms with E-state index in [1.165, 1.54) is 13.3 Å². The van der Waals surface area contributed by atoms with E-state index in [0.29, 0.717) is 6.42 Å². The highest BCUT2D eigenvalue weighted by Crippen LogP contribution is 2.32. The van der Waals surface area contributed by atoms with Crippen LogP contribution in [0.1, 0.15) is 51.9 Å². The molecule has 0 heterocycles. The minimum Gasteiger partial charge on any atom is -0.481 e. The van der Waals surface area contributed by atoms with E-state index in [1.54, 1.807) is 0 Å². The maximum absolute atomic E-state index is 11.1. The highest BCUT2D eigenvalue weighted by atomic mass is 16.4. The number of hydrogen-bond acceptors (Lipinski definition) is 2. The summed E-state index contributed by atoms with van der Waals surface area (Å²) in [6.45, 7) is 1.50. The van der Waals surface area contributed by atoms with Crippen molar-refractivity contribution in [1.29, 1.82) is 0 Å². The Morgan fingerprint density at radius 1 is 1.27 bits per heavy atom. The summed E-state index contributed by atoms with van der Waals surface area (Å²) in [7, 11) is 0. The summed E-state index contributed by atoms with van der Waals surface area (Å²) in [5.74, 6) is -0.840. The molecule has 1 fully saturated rings. The Kier molecular flexibility index (Phi) is 4.12. The van der Waals surface area contributed by atoms with Gasteiger partial charge in [0.2, 0.25) is 5.91 Å². The first-order valence-electron chi connectivity index (χ1n) is 5.55. The van der Waals surface area contributed by atoms with E-state index < -0.39 is 5.97 Å². The summed E-state index contributed by atoms with van der Waals surface area (Å²) in [5.41, 5.74) is -0.248. The number of hydrogen-bond donors (Lipinski definition) is 2. The summed E-state index contributed by atoms with van der Waals surface area (Å²) in [6, 6.07) is 0. The van der Waals surface area contributed by atoms with Crippen LogP contribution >= 0.6 is 0 Å². The molecule has 4 heteroatoms. The van der Waals surface area contributed by atoms with Gasteiger partial charge in [0.1, 0.15) is 0 Å². The maximum Gasteiger partial charge on any atom is 0.303 e. The van der Waals surface area contributed by atoms with Gasteiger partial charge in [-0.2, -0.15) is 0 Å². The zero-order valence-corrected chi connectivity index (χ0v) is 9.21. The van der Waals surface area contributed by atoms with Crippen LogP contribution < -0.4 is 5.32 Å². The molecule has 0 unspecified atom stereocenters. The van der Waals surface area contributed by atoms with Gasteiger partial charge in [0.15, 0.2) is 0 Å². The van der Waals surface area contributed by atoms with Crippen molar-refractivity contribution >= 4 is 11.9 Å². The number of carbonyl (C=O) groups excluding carboxylic acids is 1. The maximum atomic E-state index is 11.1. The first-order valence-corrected chi connectivity index (χ1v) is 5.55. The Hall–Kier alpha value is -1.06. The average Bonchev–Trinajstić information content (AvgIpc) is 2.15. The highest BCUT2D eigenvalue weighted by Gasteiger charge is 2.32. The summed E-state index contributed by atoms with van der Waals surface area (Å²) < 4.78 is 0. The van der Waals surface area contributed by atoms with E-state index in [0.717, 1.165) is 25.7 Å². The number of carboxylic acids is 1. The summed E-state index contributed by atoms with van der Waals surface area (Å²) in [4.78, 5) is 21.7. The predicted molar refractivity (Wildman–Crippen MR) is 56.5 cm³/mol. The normalized spacial score (nSPS) is 19.5. The largest absolute Gasteiger partial charge is 0.481 e. The molecule has 1 amide bonds. The second-order valence-electron chi connectivity index (χ2n) is 4.42. The highest BCUT2D eigenvalue weighted by molar-refractivity contribution is 5.74. The van der Waals surface area contributed by atoms with Crippen molar-refractivity contribution in [3.8, 4) is 0 Å². The third-order valence-electron chi connectivity index (χ3n) is 3.07. The molecular formula is C11H19NO3. The van der Waals surface area contributed by atoms with E-state index in [2.05, 4.69) is 5.32 Å². The number of aliphatic carboxylic acids is 1. The minimum atomic E-state index is -0.787. The Labute approximate surface area is 90.0 Å². The van der Waals surface area contributed by atoms with Gasteiger partial charge in [-0.05, 0) is 19.3 Å². The number of nitrogens with one attached hydrogen (secondary N) is 1. The fourth-order valence-corrected chi connectivity index (χ4v) is 2.39. The first kappa shape index (κ1) is 12.0. The van der Waals surface area contributed by atoms with Crippen molar-refractivity contribution in [2.24, 2.45) is 0 Å². The zero-order valence-electron chi connectivity index (χ0n) is 9.21. The molecule has 4 nitrogen and oxygen atoms in total. The molecule has 0 aromatic carbocycles. The molecule has 1 aliphatic rings. The lowest BCUT2D eigenvalue weighted by atomic mass is 9.78. The van der Waals surface area contributed by atoms with Crippen LogP contribution in [0.4, 0.5) is 0 Å². The lowest BCUT2D eigenvalue weighted by Gasteiger charge is -2.37. The van der Waals surface area contributed by atoms with Gasteiger partial charge in [-0.1, -0.05) is 19.3 Å². The van der Waals surface area contributed by atoms with Crippen LogP contribution in [0.5, 0.6) is 0 Å². The number of rotatable bonds is 4. The zero-order chi connectivity index (χ0) is 11.3. The average molecular weight is 213 g/mol. The van der Waals surface area contributed by atoms with Crippen molar-refractivity contribution in [3.63, 3.8) is 0 Å². The molecule has 1 aliphatic carbocycles. The van der Waals surface area contributed by atoms with Crippen LogP contribution in [0.25, 0.3) is 0 Å². The van der Waals surface area contributed by atoms with Gasteiger partial charge < -0.3 is 10.4 Å². The number of carboxylic acid groups (broad SMARTS) is 1. The van der Waals surface area contributed by atoms with Gasteiger partial charge in [-0.15, -0.1) is 0 Å². The van der Waals surface area contributed by atoms with E-state index >= 15 is 0 Å². The number of amides is 1. The van der Waals surface area contributed by atoms with E-state index in [9.17, 15) is 9.59 Å². The Bertz CT molecular complexity index is 244. The second kappa shape index (κ2) is 5.14. The van der Waals surface area contributed by atoms with Crippen molar-refractivity contribution in [2.75, 3.05) is 0 Å². The van der Waals surface area contributed by atoms with Gasteiger partial charge in [-0.25, -0.2) is 0 Å². The molecule has 0 spiro atoms. The third kappa shape index (κ3) is 3.90. The standard InChI is InChI=1S/C11H19NO3/c1-9(13)12-11(8-5-10(14)15)6-3-2-4-7-11/h2-8H2,1H3,(H,12,13)(H,14,15). The fraction of sp³-hybridized carbons (Fsp3) is 0.818. The predicted octanol–water partition coefficient (Wildman–Crippen LogP) is 1.69. The molecule has 2 N–H and O–H groups in total. The molecule has 86 valence electrons. The van der Waals surface area contributed by atoms with Crippen LogP contribution in [-0.2, 0) is 9.59 Å². The third-order valence-corrected chi connectivity index (χ3v) is 3.07. The van der Waals surface area contributed by atoms with Crippen molar-refractivity contribution in [2.45, 2.75) is 57.4 Å². The smallest absolute Gasteiger partial charge is 0.303 e. The molecule has 0 atom stereocenters. The fourth-order valence-electron chi connectivity index (χ4n) is 2.39. The van der Waals surface area contributed by atoms with E-state index in [4.69, 9.17) is 5.11 Å². The van der Waals surface area contributed by atoms with E-state index in [1.807, 2.05) is 0 Å². The van der Waals surface area contributed by atoms with Gasteiger partial charge in [0.05, 0.1) is 0 Å². The van der Waals surface area contributed by atoms with Crippen LogP contribution in [-0.4, -0.2) is 22.5 Å². The van der Waals surface area contributed by atoms with Crippen LogP contribution in [0, 0.1) is 0 Å². The molecule has 1 rings (SSSR count). The van der Waals surface area contributed by atoms with Gasteiger partial charge in [0, 0.05) is 18.9 Å². The lowest BCUT2D eigenvalue weighted by Crippen LogP contribution is -2.49. The monoisotopic (exact) mass is 213 g/mol. The molecule has 15 heavy (non-hydrogen) atoms. The number of carbonyl (C=O) groups is 2. The van der Waals surface area contributed by atoms with E-state index in [-0.39, 0.29) is 17.9 Å². The van der Waals surface area contributed by atoms with Crippen LogP contribution in [0.3, 0.4) is 0 Å².